The summed E-state index contributed by atoms with van der Waals surface area (Å²) in [5.74, 6) is 0.540. The van der Waals surface area contributed by atoms with Gasteiger partial charge in [0, 0.05) is 23.1 Å². The van der Waals surface area contributed by atoms with Crippen LogP contribution in [0.3, 0.4) is 0 Å². The minimum absolute atomic E-state index is 0.0113. The number of hydrogen-bond acceptors (Lipinski definition) is 5. The van der Waals surface area contributed by atoms with Crippen LogP contribution in [0, 0.1) is 5.41 Å². The van der Waals surface area contributed by atoms with Gasteiger partial charge in [0.15, 0.2) is 6.10 Å². The Balaban J connectivity index is 1.61. The normalized spacial score (nSPS) is 28.3. The summed E-state index contributed by atoms with van der Waals surface area (Å²) in [6, 6.07) is 2.93. The highest BCUT2D eigenvalue weighted by Gasteiger charge is 2.51. The predicted molar refractivity (Wildman–Crippen MR) is 115 cm³/mol. The Morgan fingerprint density at radius 2 is 1.84 bits per heavy atom. The van der Waals surface area contributed by atoms with Gasteiger partial charge >= 0.3 is 6.18 Å². The molecule has 0 bridgehead atoms. The third-order valence-electron chi connectivity index (χ3n) is 6.22. The first kappa shape index (κ1) is 24.2. The summed E-state index contributed by atoms with van der Waals surface area (Å²) in [5, 5.41) is 11.0. The summed E-state index contributed by atoms with van der Waals surface area (Å²) >= 11 is 1.74. The first-order valence-corrected chi connectivity index (χ1v) is 11.6. The van der Waals surface area contributed by atoms with Crippen molar-refractivity contribution >= 4 is 23.4 Å². The molecule has 1 aliphatic carbocycles. The third-order valence-corrected chi connectivity index (χ3v) is 7.76. The van der Waals surface area contributed by atoms with E-state index in [4.69, 9.17) is 4.74 Å². The molecular weight excluding hydrogens is 429 g/mol. The number of halogens is 3. The Labute approximate surface area is 185 Å². The fourth-order valence-corrected chi connectivity index (χ4v) is 5.06. The molecule has 2 heterocycles. The van der Waals surface area contributed by atoms with Crippen LogP contribution in [0.4, 0.5) is 18.9 Å². The molecule has 2 aliphatic rings. The average Bonchev–Trinajstić information content (AvgIpc) is 2.99. The molecule has 1 saturated carbocycles. The van der Waals surface area contributed by atoms with Crippen molar-refractivity contribution in [3.05, 3.63) is 18.3 Å². The molecule has 1 N–H and O–H groups in total. The smallest absolute Gasteiger partial charge is 0.425 e. The molecule has 1 saturated heterocycles. The standard InChI is InChI=1S/C22H31F3N2O3S/c1-15(22(23,24)25)30-17-6-5-16(13-26-17)27-12-11-20(18(27)28)7-9-21(29,10-8-20)14-31-19(2,3)4/h5-6,13,15,29H,7-12,14H2,1-4H3/t15-,20?,21?/m0/s1. The largest absolute Gasteiger partial charge is 0.465 e. The summed E-state index contributed by atoms with van der Waals surface area (Å²) in [6.45, 7) is 7.83. The Hall–Kier alpha value is -1.48. The number of aromatic nitrogens is 1. The molecule has 0 unspecified atom stereocenters. The van der Waals surface area contributed by atoms with Gasteiger partial charge in [0.05, 0.1) is 22.9 Å². The minimum atomic E-state index is -4.47. The second-order valence-electron chi connectivity index (χ2n) is 9.77. The summed E-state index contributed by atoms with van der Waals surface area (Å²) < 4.78 is 42.9. The van der Waals surface area contributed by atoms with E-state index < -0.39 is 23.3 Å². The van der Waals surface area contributed by atoms with Gasteiger partial charge in [-0.05, 0) is 45.1 Å². The molecule has 1 atom stereocenters. The van der Waals surface area contributed by atoms with Crippen LogP contribution < -0.4 is 9.64 Å². The maximum atomic E-state index is 13.2. The van der Waals surface area contributed by atoms with E-state index in [1.165, 1.54) is 12.3 Å². The van der Waals surface area contributed by atoms with Crippen LogP contribution >= 0.6 is 11.8 Å². The SMILES string of the molecule is C[C@H](Oc1ccc(N2CCC3(CCC(O)(CSC(C)(C)C)CC3)C2=O)cn1)C(F)(F)F. The summed E-state index contributed by atoms with van der Waals surface area (Å²) in [7, 11) is 0. The number of nitrogens with zero attached hydrogens (tertiary/aromatic N) is 2. The van der Waals surface area contributed by atoms with Gasteiger partial charge in [-0.15, -0.1) is 0 Å². The van der Waals surface area contributed by atoms with Crippen molar-refractivity contribution in [2.75, 3.05) is 17.2 Å². The van der Waals surface area contributed by atoms with Crippen LogP contribution in [0.2, 0.25) is 0 Å². The Morgan fingerprint density at radius 3 is 2.35 bits per heavy atom. The summed E-state index contributed by atoms with van der Waals surface area (Å²) in [6.07, 6.45) is -1.87. The number of rotatable bonds is 5. The lowest BCUT2D eigenvalue weighted by atomic mass is 9.68. The monoisotopic (exact) mass is 460 g/mol. The first-order chi connectivity index (χ1) is 14.2. The zero-order valence-corrected chi connectivity index (χ0v) is 19.3. The molecule has 1 aliphatic heterocycles. The van der Waals surface area contributed by atoms with Gasteiger partial charge in [0.1, 0.15) is 0 Å². The van der Waals surface area contributed by atoms with E-state index in [-0.39, 0.29) is 16.5 Å². The molecule has 1 aromatic rings. The molecule has 2 fully saturated rings. The second kappa shape index (κ2) is 8.46. The van der Waals surface area contributed by atoms with Crippen molar-refractivity contribution in [2.45, 2.75) is 82.4 Å². The van der Waals surface area contributed by atoms with Gasteiger partial charge in [-0.3, -0.25) is 4.79 Å². The van der Waals surface area contributed by atoms with Gasteiger partial charge in [-0.25, -0.2) is 4.98 Å². The topological polar surface area (TPSA) is 62.7 Å². The number of alkyl halides is 3. The molecule has 5 nitrogen and oxygen atoms in total. The van der Waals surface area contributed by atoms with Crippen LogP contribution in [0.5, 0.6) is 5.88 Å². The average molecular weight is 461 g/mol. The van der Waals surface area contributed by atoms with Crippen molar-refractivity contribution < 1.29 is 27.8 Å². The molecule has 1 amide bonds. The zero-order chi connectivity index (χ0) is 23.1. The Bertz CT molecular complexity index is 785. The van der Waals surface area contributed by atoms with Crippen molar-refractivity contribution in [1.29, 1.82) is 0 Å². The number of amides is 1. The van der Waals surface area contributed by atoms with E-state index >= 15 is 0 Å². The first-order valence-electron chi connectivity index (χ1n) is 10.6. The van der Waals surface area contributed by atoms with E-state index in [1.807, 2.05) is 0 Å². The molecule has 9 heteroatoms. The number of anilines is 1. The van der Waals surface area contributed by atoms with E-state index in [0.717, 1.165) is 6.92 Å². The highest BCUT2D eigenvalue weighted by atomic mass is 32.2. The van der Waals surface area contributed by atoms with Crippen LogP contribution in [-0.4, -0.2) is 50.9 Å². The lowest BCUT2D eigenvalue weighted by Gasteiger charge is -2.41. The number of pyridine rings is 1. The number of carbonyl (C=O) groups excluding carboxylic acids is 1. The molecule has 31 heavy (non-hydrogen) atoms. The number of hydrogen-bond donors (Lipinski definition) is 1. The van der Waals surface area contributed by atoms with Crippen LogP contribution in [0.1, 0.15) is 59.8 Å². The van der Waals surface area contributed by atoms with Crippen LogP contribution in [0.25, 0.3) is 0 Å². The third kappa shape index (κ3) is 5.66. The fourth-order valence-electron chi connectivity index (χ4n) is 4.07. The predicted octanol–water partition coefficient (Wildman–Crippen LogP) is 4.97. The van der Waals surface area contributed by atoms with E-state index in [9.17, 15) is 23.1 Å². The Morgan fingerprint density at radius 1 is 1.19 bits per heavy atom. The summed E-state index contributed by atoms with van der Waals surface area (Å²) in [5.41, 5.74) is -0.663. The van der Waals surface area contributed by atoms with Crippen LogP contribution in [0.15, 0.2) is 18.3 Å². The lowest BCUT2D eigenvalue weighted by Crippen LogP contribution is -2.45. The maximum absolute atomic E-state index is 13.2. The zero-order valence-electron chi connectivity index (χ0n) is 18.5. The van der Waals surface area contributed by atoms with Gasteiger partial charge in [0.2, 0.25) is 11.8 Å². The summed E-state index contributed by atoms with van der Waals surface area (Å²) in [4.78, 5) is 18.8. The van der Waals surface area contributed by atoms with E-state index in [1.54, 1.807) is 22.7 Å². The lowest BCUT2D eigenvalue weighted by molar-refractivity contribution is -0.189. The molecule has 174 valence electrons. The van der Waals surface area contributed by atoms with E-state index in [0.29, 0.717) is 50.1 Å². The molecule has 3 rings (SSSR count). The molecule has 1 aromatic heterocycles. The highest BCUT2D eigenvalue weighted by Crippen LogP contribution is 2.49. The highest BCUT2D eigenvalue weighted by molar-refractivity contribution is 8.00. The second-order valence-corrected chi connectivity index (χ2v) is 11.6. The fraction of sp³-hybridized carbons (Fsp3) is 0.727. The number of carbonyl (C=O) groups is 1. The van der Waals surface area contributed by atoms with Gasteiger partial charge in [0.25, 0.3) is 0 Å². The van der Waals surface area contributed by atoms with Crippen molar-refractivity contribution in [3.8, 4) is 5.88 Å². The van der Waals surface area contributed by atoms with Crippen molar-refractivity contribution in [3.63, 3.8) is 0 Å². The van der Waals surface area contributed by atoms with Gasteiger partial charge in [-0.1, -0.05) is 20.8 Å². The quantitative estimate of drug-likeness (QED) is 0.672. The Kier molecular flexibility index (Phi) is 6.60. The van der Waals surface area contributed by atoms with Crippen molar-refractivity contribution in [1.82, 2.24) is 4.98 Å². The molecule has 1 spiro atoms. The maximum Gasteiger partial charge on any atom is 0.425 e. The van der Waals surface area contributed by atoms with Gasteiger partial charge in [-0.2, -0.15) is 24.9 Å². The number of thioether (sulfide) groups is 1. The number of ether oxygens (including phenoxy) is 1. The van der Waals surface area contributed by atoms with Gasteiger partial charge < -0.3 is 14.7 Å². The molecule has 0 radical (unpaired) electrons. The van der Waals surface area contributed by atoms with Crippen molar-refractivity contribution in [2.24, 2.45) is 5.41 Å². The minimum Gasteiger partial charge on any atom is -0.465 e. The molecular formula is C22H31F3N2O3S. The number of aliphatic hydroxyl groups is 1. The van der Waals surface area contributed by atoms with E-state index in [2.05, 4.69) is 25.8 Å². The van der Waals surface area contributed by atoms with Crippen LogP contribution in [-0.2, 0) is 4.79 Å². The molecule has 0 aromatic carbocycles.